The van der Waals surface area contributed by atoms with Gasteiger partial charge in [0.2, 0.25) is 5.78 Å². The fraction of sp³-hybridized carbons (Fsp3) is 0.0769. The summed E-state index contributed by atoms with van der Waals surface area (Å²) in [7, 11) is -2.12. The lowest BCUT2D eigenvalue weighted by Crippen LogP contribution is -2.26. The number of esters is 1. The number of methoxy groups -OCH3 is 1. The van der Waals surface area contributed by atoms with Gasteiger partial charge < -0.3 is 9.15 Å². The molecule has 0 aliphatic carbocycles. The van der Waals surface area contributed by atoms with Crippen molar-refractivity contribution in [1.82, 2.24) is 3.97 Å². The summed E-state index contributed by atoms with van der Waals surface area (Å²) in [6, 6.07) is 24.8. The molecule has 166 valence electrons. The number of carbonyl (C=O) groups excluding carboxylic acids is 2. The van der Waals surface area contributed by atoms with E-state index in [4.69, 9.17) is 9.15 Å². The summed E-state index contributed by atoms with van der Waals surface area (Å²) in [4.78, 5) is 27.4. The van der Waals surface area contributed by atoms with E-state index >= 15 is 0 Å². The van der Waals surface area contributed by atoms with Crippen LogP contribution in [0.1, 0.15) is 26.6 Å². The van der Waals surface area contributed by atoms with E-state index in [1.165, 1.54) is 11.1 Å². The average Bonchev–Trinajstić information content (AvgIpc) is 3.43. The second kappa shape index (κ2) is 7.86. The molecule has 0 spiro atoms. The number of hydrogen-bond acceptors (Lipinski definition) is 5. The molecule has 0 radical (unpaired) electrons. The smallest absolute Gasteiger partial charge is 0.340 e. The largest absolute Gasteiger partial charge is 0.465 e. The molecule has 0 aliphatic heterocycles. The molecule has 0 bridgehead atoms. The first-order chi connectivity index (χ1) is 15.9. The SMILES string of the molecule is COC(=O)c1c(C(=O)c2cc3ccccc3o2)n([SH](C)(=O)c2ccccc2)c2ccccc12. The normalized spacial score (nSPS) is 12.2. The van der Waals surface area contributed by atoms with Gasteiger partial charge in [-0.25, -0.2) is 4.79 Å². The Morgan fingerprint density at radius 2 is 1.58 bits per heavy atom. The Morgan fingerprint density at radius 1 is 0.909 bits per heavy atom. The Labute approximate surface area is 190 Å². The summed E-state index contributed by atoms with van der Waals surface area (Å²) < 4.78 is 26.7. The highest BCUT2D eigenvalue weighted by atomic mass is 32.3. The molecule has 0 N–H and O–H groups in total. The number of rotatable bonds is 5. The van der Waals surface area contributed by atoms with Crippen LogP contribution < -0.4 is 0 Å². The lowest BCUT2D eigenvalue weighted by Gasteiger charge is -2.25. The zero-order valence-corrected chi connectivity index (χ0v) is 18.9. The van der Waals surface area contributed by atoms with Crippen LogP contribution in [0.15, 0.2) is 94.2 Å². The molecule has 5 rings (SSSR count). The number of ketones is 1. The highest BCUT2D eigenvalue weighted by Crippen LogP contribution is 2.35. The van der Waals surface area contributed by atoms with E-state index in [0.29, 0.717) is 21.4 Å². The van der Waals surface area contributed by atoms with Crippen molar-refractivity contribution < 1.29 is 23.0 Å². The van der Waals surface area contributed by atoms with E-state index in [-0.39, 0.29) is 17.0 Å². The fourth-order valence-corrected chi connectivity index (χ4v) is 6.28. The highest BCUT2D eigenvalue weighted by Gasteiger charge is 2.34. The van der Waals surface area contributed by atoms with Crippen molar-refractivity contribution in [3.05, 3.63) is 102 Å². The Hall–Kier alpha value is -3.97. The molecule has 0 saturated carbocycles. The van der Waals surface area contributed by atoms with E-state index < -0.39 is 21.9 Å². The van der Waals surface area contributed by atoms with E-state index in [2.05, 4.69) is 0 Å². The van der Waals surface area contributed by atoms with Crippen LogP contribution >= 0.6 is 0 Å². The zero-order valence-electron chi connectivity index (χ0n) is 18.0. The lowest BCUT2D eigenvalue weighted by molar-refractivity contribution is 0.0599. The predicted molar refractivity (Wildman–Crippen MR) is 128 cm³/mol. The number of aromatic nitrogens is 1. The minimum atomic E-state index is -3.37. The van der Waals surface area contributed by atoms with Crippen LogP contribution in [-0.2, 0) is 14.9 Å². The third kappa shape index (κ3) is 3.29. The van der Waals surface area contributed by atoms with Crippen molar-refractivity contribution in [3.8, 4) is 0 Å². The quantitative estimate of drug-likeness (QED) is 0.230. The van der Waals surface area contributed by atoms with Crippen molar-refractivity contribution in [1.29, 1.82) is 0 Å². The number of carbonyl (C=O) groups is 2. The number of para-hydroxylation sites is 2. The van der Waals surface area contributed by atoms with Gasteiger partial charge in [0, 0.05) is 21.9 Å². The number of thiol groups is 1. The Morgan fingerprint density at radius 3 is 2.30 bits per heavy atom. The van der Waals surface area contributed by atoms with Gasteiger partial charge in [0.05, 0.1) is 18.2 Å². The van der Waals surface area contributed by atoms with Crippen LogP contribution in [0.3, 0.4) is 0 Å². The summed E-state index contributed by atoms with van der Waals surface area (Å²) in [6.45, 7) is 0. The van der Waals surface area contributed by atoms with Gasteiger partial charge in [-0.15, -0.1) is 0 Å². The van der Waals surface area contributed by atoms with Crippen molar-refractivity contribution in [3.63, 3.8) is 0 Å². The number of hydrogen-bond donors (Lipinski definition) is 1. The highest BCUT2D eigenvalue weighted by molar-refractivity contribution is 8.01. The second-order valence-corrected chi connectivity index (χ2v) is 10.4. The first-order valence-electron chi connectivity index (χ1n) is 10.3. The Kier molecular flexibility index (Phi) is 4.98. The van der Waals surface area contributed by atoms with Gasteiger partial charge in [0.1, 0.15) is 11.3 Å². The molecule has 2 aromatic heterocycles. The molecule has 6 nitrogen and oxygen atoms in total. The molecule has 7 heteroatoms. The summed E-state index contributed by atoms with van der Waals surface area (Å²) in [5.74, 6) is -1.17. The van der Waals surface area contributed by atoms with Gasteiger partial charge in [0.25, 0.3) is 0 Å². The van der Waals surface area contributed by atoms with Gasteiger partial charge in [0.15, 0.2) is 5.76 Å². The molecule has 0 unspecified atom stereocenters. The summed E-state index contributed by atoms with van der Waals surface area (Å²) in [6.07, 6.45) is 1.59. The molecule has 0 saturated heterocycles. The third-order valence-corrected chi connectivity index (χ3v) is 8.16. The van der Waals surface area contributed by atoms with E-state index in [0.717, 1.165) is 5.39 Å². The molecule has 2 heterocycles. The van der Waals surface area contributed by atoms with Crippen LogP contribution in [0.5, 0.6) is 0 Å². The standard InChI is InChI=1S/C26H21NO5S/c1-31-26(29)23-19-13-7-8-14-20(19)27(33(2,30)18-11-4-3-5-12-18)24(23)25(28)22-16-17-10-6-9-15-21(17)32-22/h3-16,33H,1-2H3. The fourth-order valence-electron chi connectivity index (χ4n) is 4.17. The first kappa shape index (κ1) is 20.9. The van der Waals surface area contributed by atoms with E-state index in [1.807, 2.05) is 24.3 Å². The van der Waals surface area contributed by atoms with Crippen LogP contribution in [0.25, 0.3) is 21.9 Å². The van der Waals surface area contributed by atoms with Crippen molar-refractivity contribution in [2.45, 2.75) is 4.90 Å². The van der Waals surface area contributed by atoms with Crippen LogP contribution in [0, 0.1) is 0 Å². The molecule has 0 amide bonds. The minimum absolute atomic E-state index is 0.0169. The number of benzene rings is 3. The minimum Gasteiger partial charge on any atom is -0.465 e. The monoisotopic (exact) mass is 459 g/mol. The van der Waals surface area contributed by atoms with E-state index in [9.17, 15) is 13.8 Å². The maximum atomic E-state index is 14.3. The van der Waals surface area contributed by atoms with Crippen LogP contribution in [0.2, 0.25) is 0 Å². The predicted octanol–water partition coefficient (Wildman–Crippen LogP) is 4.87. The first-order valence-corrected chi connectivity index (χ1v) is 12.4. The molecular weight excluding hydrogens is 438 g/mol. The van der Waals surface area contributed by atoms with Gasteiger partial charge >= 0.3 is 5.97 Å². The maximum Gasteiger partial charge on any atom is 0.340 e. The lowest BCUT2D eigenvalue weighted by atomic mass is 10.1. The number of ether oxygens (including phenoxy) is 1. The molecular formula is C26H21NO5S. The number of fused-ring (bicyclic) bond motifs is 2. The average molecular weight is 460 g/mol. The van der Waals surface area contributed by atoms with Crippen LogP contribution in [0.4, 0.5) is 0 Å². The van der Waals surface area contributed by atoms with Crippen molar-refractivity contribution in [2.24, 2.45) is 0 Å². The van der Waals surface area contributed by atoms with Crippen LogP contribution in [-0.4, -0.2) is 33.3 Å². The van der Waals surface area contributed by atoms with E-state index in [1.54, 1.807) is 66.9 Å². The maximum absolute atomic E-state index is 14.3. The molecule has 0 aliphatic rings. The van der Waals surface area contributed by atoms with Crippen molar-refractivity contribution in [2.75, 3.05) is 13.4 Å². The number of furan rings is 1. The van der Waals surface area contributed by atoms with Gasteiger partial charge in [-0.2, -0.15) is 0 Å². The summed E-state index contributed by atoms with van der Waals surface area (Å²) in [5, 5.41) is 1.24. The summed E-state index contributed by atoms with van der Waals surface area (Å²) in [5.41, 5.74) is 1.10. The molecule has 33 heavy (non-hydrogen) atoms. The zero-order chi connectivity index (χ0) is 23.2. The van der Waals surface area contributed by atoms with Gasteiger partial charge in [-0.1, -0.05) is 54.6 Å². The molecule has 3 aromatic carbocycles. The summed E-state index contributed by atoms with van der Waals surface area (Å²) >= 11 is 0. The topological polar surface area (TPSA) is 78.5 Å². The molecule has 0 atom stereocenters. The molecule has 5 aromatic rings. The van der Waals surface area contributed by atoms with Gasteiger partial charge in [-0.05, 0) is 40.5 Å². The Bertz CT molecular complexity index is 1550. The third-order valence-electron chi connectivity index (χ3n) is 5.72. The van der Waals surface area contributed by atoms with Crippen molar-refractivity contribution >= 4 is 43.7 Å². The number of nitrogens with zero attached hydrogens (tertiary/aromatic N) is 1. The Balaban J connectivity index is 1.86. The molecule has 0 fully saturated rings. The van der Waals surface area contributed by atoms with Gasteiger partial charge in [-0.3, -0.25) is 13.0 Å². The second-order valence-electron chi connectivity index (χ2n) is 7.74.